The third-order valence-electron chi connectivity index (χ3n) is 3.10. The van der Waals surface area contributed by atoms with E-state index in [-0.39, 0.29) is 0 Å². The quantitative estimate of drug-likeness (QED) is 0.743. The van der Waals surface area contributed by atoms with Crippen molar-refractivity contribution in [3.8, 4) is 11.3 Å². The van der Waals surface area contributed by atoms with Crippen molar-refractivity contribution in [2.75, 3.05) is 0 Å². The molecule has 3 aromatic rings. The van der Waals surface area contributed by atoms with Gasteiger partial charge in [0.2, 0.25) is 0 Å². The zero-order valence-electron chi connectivity index (χ0n) is 10.2. The summed E-state index contributed by atoms with van der Waals surface area (Å²) in [5.74, 6) is 0. The molecule has 90 valence electrons. The zero-order chi connectivity index (χ0) is 12.5. The van der Waals surface area contributed by atoms with Gasteiger partial charge in [-0.15, -0.1) is 0 Å². The number of nitrogens with zero attached hydrogens (tertiary/aromatic N) is 3. The number of fused-ring (bicyclic) bond motifs is 1. The number of aryl methyl sites for hydroxylation is 1. The van der Waals surface area contributed by atoms with Gasteiger partial charge in [-0.25, -0.2) is 9.97 Å². The maximum atomic E-state index is 5.81. The summed E-state index contributed by atoms with van der Waals surface area (Å²) in [6.45, 7) is 0.491. The molecule has 0 unspecified atom stereocenters. The summed E-state index contributed by atoms with van der Waals surface area (Å²) in [5.41, 5.74) is 9.84. The molecule has 0 fully saturated rings. The van der Waals surface area contributed by atoms with Gasteiger partial charge in [0, 0.05) is 30.7 Å². The van der Waals surface area contributed by atoms with Crippen LogP contribution in [0.1, 0.15) is 5.56 Å². The molecule has 2 N–H and O–H groups in total. The Labute approximate surface area is 105 Å². The fraction of sp³-hybridized carbons (Fsp3) is 0.143. The Kier molecular flexibility index (Phi) is 2.57. The van der Waals surface area contributed by atoms with Crippen LogP contribution in [0.5, 0.6) is 0 Å². The summed E-state index contributed by atoms with van der Waals surface area (Å²) >= 11 is 0. The van der Waals surface area contributed by atoms with Gasteiger partial charge in [0.1, 0.15) is 12.0 Å². The Balaban J connectivity index is 2.36. The largest absolute Gasteiger partial charge is 0.335 e. The molecule has 3 rings (SSSR count). The number of hydrogen-bond donors (Lipinski definition) is 1. The molecule has 4 nitrogen and oxygen atoms in total. The molecule has 2 aromatic heterocycles. The molecule has 4 heteroatoms. The second-order valence-electron chi connectivity index (χ2n) is 4.26. The lowest BCUT2D eigenvalue weighted by Gasteiger charge is -2.04. The van der Waals surface area contributed by atoms with Crippen LogP contribution in [-0.4, -0.2) is 14.5 Å². The molecule has 1 aromatic carbocycles. The van der Waals surface area contributed by atoms with Crippen molar-refractivity contribution in [1.82, 2.24) is 14.5 Å². The third kappa shape index (κ3) is 1.58. The smallest absolute Gasteiger partial charge is 0.144 e. The van der Waals surface area contributed by atoms with E-state index in [1.165, 1.54) is 0 Å². The van der Waals surface area contributed by atoms with Crippen molar-refractivity contribution in [1.29, 1.82) is 0 Å². The van der Waals surface area contributed by atoms with Crippen molar-refractivity contribution in [3.05, 3.63) is 48.4 Å². The normalized spacial score (nSPS) is 11.0. The van der Waals surface area contributed by atoms with Crippen LogP contribution in [-0.2, 0) is 13.6 Å². The van der Waals surface area contributed by atoms with E-state index >= 15 is 0 Å². The van der Waals surface area contributed by atoms with Gasteiger partial charge in [0.25, 0.3) is 0 Å². The van der Waals surface area contributed by atoms with E-state index in [0.717, 1.165) is 27.9 Å². The first-order chi connectivity index (χ1) is 8.81. The van der Waals surface area contributed by atoms with Crippen LogP contribution in [0.2, 0.25) is 0 Å². The topological polar surface area (TPSA) is 56.7 Å². The molecule has 2 heterocycles. The minimum absolute atomic E-state index is 0.491. The van der Waals surface area contributed by atoms with E-state index in [9.17, 15) is 0 Å². The molecule has 0 atom stereocenters. The van der Waals surface area contributed by atoms with Gasteiger partial charge >= 0.3 is 0 Å². The summed E-state index contributed by atoms with van der Waals surface area (Å²) in [5, 5.41) is 1.05. The third-order valence-corrected chi connectivity index (χ3v) is 3.10. The minimum Gasteiger partial charge on any atom is -0.335 e. The van der Waals surface area contributed by atoms with Gasteiger partial charge in [-0.2, -0.15) is 0 Å². The van der Waals surface area contributed by atoms with Crippen molar-refractivity contribution in [2.24, 2.45) is 12.8 Å². The van der Waals surface area contributed by atoms with Crippen molar-refractivity contribution in [2.45, 2.75) is 6.54 Å². The average Bonchev–Trinajstić information content (AvgIpc) is 2.77. The summed E-state index contributed by atoms with van der Waals surface area (Å²) in [6.07, 6.45) is 3.62. The maximum absolute atomic E-state index is 5.81. The van der Waals surface area contributed by atoms with E-state index in [1.807, 2.05) is 36.0 Å². The van der Waals surface area contributed by atoms with E-state index in [1.54, 1.807) is 6.33 Å². The molecule has 0 aliphatic carbocycles. The number of aromatic nitrogens is 3. The molecule has 0 saturated heterocycles. The lowest BCUT2D eigenvalue weighted by Crippen LogP contribution is -1.96. The van der Waals surface area contributed by atoms with Crippen LogP contribution in [0.15, 0.2) is 42.9 Å². The molecule has 0 saturated carbocycles. The van der Waals surface area contributed by atoms with Gasteiger partial charge in [-0.3, -0.25) is 0 Å². The second kappa shape index (κ2) is 4.23. The monoisotopic (exact) mass is 238 g/mol. The SMILES string of the molecule is Cn1cc(CN)c2c(-c3ccccc3)ncnc21. The van der Waals surface area contributed by atoms with Gasteiger partial charge in [-0.05, 0) is 5.56 Å². The zero-order valence-corrected chi connectivity index (χ0v) is 10.2. The first kappa shape index (κ1) is 10.9. The first-order valence-electron chi connectivity index (χ1n) is 5.85. The van der Waals surface area contributed by atoms with Gasteiger partial charge in [0.15, 0.2) is 0 Å². The van der Waals surface area contributed by atoms with Gasteiger partial charge < -0.3 is 10.3 Å². The van der Waals surface area contributed by atoms with Gasteiger partial charge in [0.05, 0.1) is 5.69 Å². The lowest BCUT2D eigenvalue weighted by molar-refractivity contribution is 0.930. The molecule has 0 amide bonds. The Morgan fingerprint density at radius 2 is 1.94 bits per heavy atom. The van der Waals surface area contributed by atoms with E-state index in [4.69, 9.17) is 5.73 Å². The predicted octanol–water partition coefficient (Wildman–Crippen LogP) is 2.09. The minimum atomic E-state index is 0.491. The Morgan fingerprint density at radius 3 is 2.67 bits per heavy atom. The van der Waals surface area contributed by atoms with Crippen LogP contribution in [0.3, 0.4) is 0 Å². The lowest BCUT2D eigenvalue weighted by atomic mass is 10.1. The molecule has 0 radical (unpaired) electrons. The predicted molar refractivity (Wildman–Crippen MR) is 71.8 cm³/mol. The van der Waals surface area contributed by atoms with Crippen LogP contribution in [0.4, 0.5) is 0 Å². The van der Waals surface area contributed by atoms with Crippen LogP contribution < -0.4 is 5.73 Å². The van der Waals surface area contributed by atoms with Crippen LogP contribution >= 0.6 is 0 Å². The molecule has 0 spiro atoms. The maximum Gasteiger partial charge on any atom is 0.144 e. The summed E-state index contributed by atoms with van der Waals surface area (Å²) in [4.78, 5) is 8.75. The number of benzene rings is 1. The Hall–Kier alpha value is -2.20. The summed E-state index contributed by atoms with van der Waals surface area (Å²) in [7, 11) is 1.98. The van der Waals surface area contributed by atoms with Crippen molar-refractivity contribution in [3.63, 3.8) is 0 Å². The van der Waals surface area contributed by atoms with E-state index in [2.05, 4.69) is 22.1 Å². The highest BCUT2D eigenvalue weighted by molar-refractivity contribution is 5.93. The first-order valence-corrected chi connectivity index (χ1v) is 5.85. The molecule has 0 bridgehead atoms. The fourth-order valence-corrected chi connectivity index (χ4v) is 2.27. The summed E-state index contributed by atoms with van der Waals surface area (Å²) in [6, 6.07) is 10.1. The molecule has 18 heavy (non-hydrogen) atoms. The highest BCUT2D eigenvalue weighted by Gasteiger charge is 2.13. The highest BCUT2D eigenvalue weighted by atomic mass is 15.0. The molecular weight excluding hydrogens is 224 g/mol. The average molecular weight is 238 g/mol. The Morgan fingerprint density at radius 1 is 1.17 bits per heavy atom. The van der Waals surface area contributed by atoms with Crippen LogP contribution in [0, 0.1) is 0 Å². The second-order valence-corrected chi connectivity index (χ2v) is 4.26. The molecular formula is C14H14N4. The Bertz CT molecular complexity index is 686. The number of hydrogen-bond acceptors (Lipinski definition) is 3. The van der Waals surface area contributed by atoms with Gasteiger partial charge in [-0.1, -0.05) is 30.3 Å². The number of rotatable bonds is 2. The van der Waals surface area contributed by atoms with Crippen molar-refractivity contribution < 1.29 is 0 Å². The fourth-order valence-electron chi connectivity index (χ4n) is 2.27. The highest BCUT2D eigenvalue weighted by Crippen LogP contribution is 2.28. The molecule has 0 aliphatic heterocycles. The molecule has 0 aliphatic rings. The van der Waals surface area contributed by atoms with Crippen molar-refractivity contribution >= 4 is 11.0 Å². The van der Waals surface area contributed by atoms with Crippen LogP contribution in [0.25, 0.3) is 22.3 Å². The number of nitrogens with two attached hydrogens (primary N) is 1. The standard InChI is InChI=1S/C14H14N4/c1-18-8-11(7-15)12-13(16-9-17-14(12)18)10-5-3-2-4-6-10/h2-6,8-9H,7,15H2,1H3. The van der Waals surface area contributed by atoms with E-state index in [0.29, 0.717) is 6.54 Å². The summed E-state index contributed by atoms with van der Waals surface area (Å²) < 4.78 is 1.99. The van der Waals surface area contributed by atoms with E-state index < -0.39 is 0 Å².